The lowest BCUT2D eigenvalue weighted by Gasteiger charge is -2.25. The SMILES string of the molecule is CCNC(=NCc1cccc(COC2CCOCC2)c1)NC1CCCn2nc(C)nc21. The number of fused-ring (bicyclic) bond motifs is 1. The summed E-state index contributed by atoms with van der Waals surface area (Å²) in [6, 6.07) is 8.64. The molecule has 31 heavy (non-hydrogen) atoms. The molecule has 1 aromatic heterocycles. The lowest BCUT2D eigenvalue weighted by Crippen LogP contribution is -2.41. The normalized spacial score (nSPS) is 19.8. The highest BCUT2D eigenvalue weighted by atomic mass is 16.5. The minimum atomic E-state index is 0.131. The Balaban J connectivity index is 1.37. The van der Waals surface area contributed by atoms with Crippen molar-refractivity contribution < 1.29 is 9.47 Å². The molecule has 1 aromatic carbocycles. The van der Waals surface area contributed by atoms with Crippen LogP contribution in [0.1, 0.15) is 61.4 Å². The minimum absolute atomic E-state index is 0.131. The first-order valence-corrected chi connectivity index (χ1v) is 11.4. The number of aliphatic imine (C=N–C) groups is 1. The number of benzene rings is 1. The molecule has 8 heteroatoms. The Morgan fingerprint density at radius 3 is 2.94 bits per heavy atom. The van der Waals surface area contributed by atoms with Crippen molar-refractivity contribution in [2.75, 3.05) is 19.8 Å². The van der Waals surface area contributed by atoms with Crippen molar-refractivity contribution in [1.29, 1.82) is 0 Å². The Labute approximate surface area is 184 Å². The molecule has 0 aliphatic carbocycles. The summed E-state index contributed by atoms with van der Waals surface area (Å²) in [6.07, 6.45) is 4.39. The van der Waals surface area contributed by atoms with Gasteiger partial charge < -0.3 is 20.1 Å². The van der Waals surface area contributed by atoms with Gasteiger partial charge in [-0.15, -0.1) is 0 Å². The van der Waals surface area contributed by atoms with Gasteiger partial charge in [-0.25, -0.2) is 14.7 Å². The van der Waals surface area contributed by atoms with Gasteiger partial charge in [-0.3, -0.25) is 0 Å². The summed E-state index contributed by atoms with van der Waals surface area (Å²) < 4.78 is 13.5. The summed E-state index contributed by atoms with van der Waals surface area (Å²) in [6.45, 7) is 8.62. The maximum atomic E-state index is 6.07. The van der Waals surface area contributed by atoms with Crippen molar-refractivity contribution in [3.05, 3.63) is 47.0 Å². The van der Waals surface area contributed by atoms with Gasteiger partial charge in [-0.2, -0.15) is 5.10 Å². The van der Waals surface area contributed by atoms with Crippen molar-refractivity contribution >= 4 is 5.96 Å². The second-order valence-corrected chi connectivity index (χ2v) is 8.22. The predicted octanol–water partition coefficient (Wildman–Crippen LogP) is 2.87. The molecular weight excluding hydrogens is 392 g/mol. The third kappa shape index (κ3) is 6.04. The van der Waals surface area contributed by atoms with Gasteiger partial charge in [0.2, 0.25) is 0 Å². The fraction of sp³-hybridized carbons (Fsp3) is 0.609. The fourth-order valence-electron chi connectivity index (χ4n) is 4.14. The first kappa shape index (κ1) is 21.8. The number of hydrogen-bond acceptors (Lipinski definition) is 5. The summed E-state index contributed by atoms with van der Waals surface area (Å²) in [5.74, 6) is 2.64. The number of rotatable bonds is 7. The number of nitrogens with zero attached hydrogens (tertiary/aromatic N) is 4. The van der Waals surface area contributed by atoms with E-state index in [-0.39, 0.29) is 6.04 Å². The van der Waals surface area contributed by atoms with Gasteiger partial charge in [0.15, 0.2) is 5.96 Å². The van der Waals surface area contributed by atoms with Gasteiger partial charge in [0.25, 0.3) is 0 Å². The van der Waals surface area contributed by atoms with E-state index in [1.165, 1.54) is 11.1 Å². The lowest BCUT2D eigenvalue weighted by atomic mass is 10.1. The molecular formula is C23H34N6O2. The lowest BCUT2D eigenvalue weighted by molar-refractivity contribution is -0.0390. The zero-order chi connectivity index (χ0) is 21.5. The van der Waals surface area contributed by atoms with Crippen molar-refractivity contribution in [2.24, 2.45) is 4.99 Å². The van der Waals surface area contributed by atoms with E-state index in [9.17, 15) is 0 Å². The Bertz CT molecular complexity index is 875. The highest BCUT2D eigenvalue weighted by Crippen LogP contribution is 2.23. The summed E-state index contributed by atoms with van der Waals surface area (Å²) in [4.78, 5) is 9.45. The largest absolute Gasteiger partial charge is 0.381 e. The van der Waals surface area contributed by atoms with Crippen LogP contribution in [0.5, 0.6) is 0 Å². The standard InChI is InChI=1S/C23H34N6O2/c1-3-24-23(27-21-8-5-11-29-22(21)26-17(2)28-29)25-15-18-6-4-7-19(14-18)16-31-20-9-12-30-13-10-20/h4,6-7,14,20-21H,3,5,8-13,15-16H2,1-2H3,(H2,24,25,27). The van der Waals surface area contributed by atoms with Crippen molar-refractivity contribution in [1.82, 2.24) is 25.4 Å². The number of ether oxygens (including phenoxy) is 2. The molecule has 0 bridgehead atoms. The number of aromatic nitrogens is 3. The smallest absolute Gasteiger partial charge is 0.192 e. The molecule has 168 valence electrons. The molecule has 0 saturated carbocycles. The molecule has 3 heterocycles. The van der Waals surface area contributed by atoms with E-state index in [4.69, 9.17) is 14.5 Å². The van der Waals surface area contributed by atoms with E-state index in [1.54, 1.807) is 0 Å². The fourth-order valence-corrected chi connectivity index (χ4v) is 4.14. The van der Waals surface area contributed by atoms with E-state index in [1.807, 2.05) is 11.6 Å². The van der Waals surface area contributed by atoms with Crippen molar-refractivity contribution in [3.8, 4) is 0 Å². The highest BCUT2D eigenvalue weighted by molar-refractivity contribution is 5.80. The number of hydrogen-bond donors (Lipinski definition) is 2. The van der Waals surface area contributed by atoms with Crippen LogP contribution < -0.4 is 10.6 Å². The molecule has 2 aromatic rings. The molecule has 0 amide bonds. The molecule has 1 saturated heterocycles. The molecule has 2 N–H and O–H groups in total. The Hall–Kier alpha value is -2.45. The second kappa shape index (κ2) is 10.7. The maximum absolute atomic E-state index is 6.07. The van der Waals surface area contributed by atoms with E-state index in [0.29, 0.717) is 19.3 Å². The molecule has 2 aliphatic rings. The highest BCUT2D eigenvalue weighted by Gasteiger charge is 2.24. The van der Waals surface area contributed by atoms with Crippen LogP contribution in [0.25, 0.3) is 0 Å². The first-order valence-electron chi connectivity index (χ1n) is 11.4. The summed E-state index contributed by atoms with van der Waals surface area (Å²) >= 11 is 0. The second-order valence-electron chi connectivity index (χ2n) is 8.22. The van der Waals surface area contributed by atoms with Crippen LogP contribution in [-0.2, 0) is 29.2 Å². The third-order valence-corrected chi connectivity index (χ3v) is 5.70. The van der Waals surface area contributed by atoms with Gasteiger partial charge in [-0.1, -0.05) is 24.3 Å². The van der Waals surface area contributed by atoms with E-state index >= 15 is 0 Å². The monoisotopic (exact) mass is 426 g/mol. The average molecular weight is 427 g/mol. The average Bonchev–Trinajstić information content (AvgIpc) is 3.18. The van der Waals surface area contributed by atoms with Crippen LogP contribution in [-0.4, -0.2) is 46.6 Å². The van der Waals surface area contributed by atoms with E-state index in [2.05, 4.69) is 51.9 Å². The molecule has 1 fully saturated rings. The Morgan fingerprint density at radius 1 is 1.26 bits per heavy atom. The predicted molar refractivity (Wildman–Crippen MR) is 120 cm³/mol. The third-order valence-electron chi connectivity index (χ3n) is 5.70. The zero-order valence-corrected chi connectivity index (χ0v) is 18.6. The van der Waals surface area contributed by atoms with Gasteiger partial charge in [0.05, 0.1) is 25.3 Å². The number of guanidine groups is 1. The summed E-state index contributed by atoms with van der Waals surface area (Å²) in [5.41, 5.74) is 2.36. The van der Waals surface area contributed by atoms with Crippen LogP contribution in [0.2, 0.25) is 0 Å². The molecule has 4 rings (SSSR count). The Kier molecular flexibility index (Phi) is 7.53. The number of aryl methyl sites for hydroxylation is 2. The van der Waals surface area contributed by atoms with Crippen LogP contribution in [0.15, 0.2) is 29.3 Å². The van der Waals surface area contributed by atoms with Gasteiger partial charge in [0.1, 0.15) is 11.6 Å². The van der Waals surface area contributed by atoms with Crippen LogP contribution in [0, 0.1) is 6.92 Å². The molecule has 8 nitrogen and oxygen atoms in total. The molecule has 1 unspecified atom stereocenters. The quantitative estimate of drug-likeness (QED) is 0.523. The first-order chi connectivity index (χ1) is 15.2. The van der Waals surface area contributed by atoms with Crippen molar-refractivity contribution in [2.45, 2.75) is 71.4 Å². The van der Waals surface area contributed by atoms with Crippen LogP contribution in [0.3, 0.4) is 0 Å². The maximum Gasteiger partial charge on any atom is 0.192 e. The summed E-state index contributed by atoms with van der Waals surface area (Å²) in [7, 11) is 0. The summed E-state index contributed by atoms with van der Waals surface area (Å²) in [5, 5.41) is 11.4. The van der Waals surface area contributed by atoms with Gasteiger partial charge >= 0.3 is 0 Å². The van der Waals surface area contributed by atoms with Gasteiger partial charge in [0, 0.05) is 26.3 Å². The Morgan fingerprint density at radius 2 is 2.10 bits per heavy atom. The number of nitrogens with one attached hydrogen (secondary N) is 2. The van der Waals surface area contributed by atoms with Crippen LogP contribution in [0.4, 0.5) is 0 Å². The molecule has 1 atom stereocenters. The molecule has 2 aliphatic heterocycles. The van der Waals surface area contributed by atoms with Gasteiger partial charge in [-0.05, 0) is 50.7 Å². The zero-order valence-electron chi connectivity index (χ0n) is 18.6. The van der Waals surface area contributed by atoms with Crippen molar-refractivity contribution in [3.63, 3.8) is 0 Å². The molecule has 0 radical (unpaired) electrons. The van der Waals surface area contributed by atoms with E-state index < -0.39 is 0 Å². The molecule has 0 spiro atoms. The minimum Gasteiger partial charge on any atom is -0.381 e. The van der Waals surface area contributed by atoms with Crippen LogP contribution >= 0.6 is 0 Å². The topological polar surface area (TPSA) is 85.6 Å². The van der Waals surface area contributed by atoms with E-state index in [0.717, 1.165) is 69.6 Å².